The Morgan fingerprint density at radius 2 is 1.24 bits per heavy atom. The zero-order valence-corrected chi connectivity index (χ0v) is 14.6. The molecule has 0 heterocycles. The van der Waals surface area contributed by atoms with Crippen molar-refractivity contribution in [2.75, 3.05) is 7.11 Å². The third-order valence-corrected chi connectivity index (χ3v) is 5.35. The molecule has 0 radical (unpaired) electrons. The first-order valence-electron chi connectivity index (χ1n) is 7.86. The average molecular weight is 353 g/mol. The average Bonchev–Trinajstić information content (AvgIpc) is 2.67. The molecule has 0 aromatic heterocycles. The van der Waals surface area contributed by atoms with Crippen LogP contribution in [-0.4, -0.2) is 15.5 Å². The van der Waals surface area contributed by atoms with E-state index in [2.05, 4.69) is 4.72 Å². The lowest BCUT2D eigenvalue weighted by Crippen LogP contribution is -2.29. The standard InChI is InChI=1S/C20H19NO3S/c1-24-18-12-14-19(15-13-18)25(22,23)21-20(16-8-4-2-5-9-16)17-10-6-3-7-11-17/h2-15,20-21H,1H3. The minimum atomic E-state index is -3.69. The maximum Gasteiger partial charge on any atom is 0.241 e. The van der Waals surface area contributed by atoms with E-state index in [1.165, 1.54) is 12.1 Å². The quantitative estimate of drug-likeness (QED) is 0.734. The second-order valence-corrected chi connectivity index (χ2v) is 7.27. The van der Waals surface area contributed by atoms with Gasteiger partial charge >= 0.3 is 0 Å². The molecule has 0 fully saturated rings. The van der Waals surface area contributed by atoms with Crippen LogP contribution in [0.4, 0.5) is 0 Å². The summed E-state index contributed by atoms with van der Waals surface area (Å²) in [6.45, 7) is 0. The zero-order chi connectivity index (χ0) is 17.7. The summed E-state index contributed by atoms with van der Waals surface area (Å²) in [5, 5.41) is 0. The van der Waals surface area contributed by atoms with Crippen molar-refractivity contribution in [3.63, 3.8) is 0 Å². The Balaban J connectivity index is 1.97. The highest BCUT2D eigenvalue weighted by Crippen LogP contribution is 2.25. The predicted molar refractivity (Wildman–Crippen MR) is 98.0 cm³/mol. The smallest absolute Gasteiger partial charge is 0.241 e. The van der Waals surface area contributed by atoms with Gasteiger partial charge in [-0.1, -0.05) is 60.7 Å². The van der Waals surface area contributed by atoms with Crippen LogP contribution < -0.4 is 9.46 Å². The molecule has 0 saturated carbocycles. The third-order valence-electron chi connectivity index (χ3n) is 3.91. The molecule has 25 heavy (non-hydrogen) atoms. The van der Waals surface area contributed by atoms with Crippen molar-refractivity contribution < 1.29 is 13.2 Å². The van der Waals surface area contributed by atoms with Crippen LogP contribution in [-0.2, 0) is 10.0 Å². The van der Waals surface area contributed by atoms with E-state index in [1.807, 2.05) is 60.7 Å². The van der Waals surface area contributed by atoms with Crippen LogP contribution in [0, 0.1) is 0 Å². The van der Waals surface area contributed by atoms with Crippen LogP contribution in [0.1, 0.15) is 17.2 Å². The van der Waals surface area contributed by atoms with Gasteiger partial charge in [-0.3, -0.25) is 0 Å². The first-order chi connectivity index (χ1) is 12.1. The molecule has 5 heteroatoms. The molecule has 0 aliphatic carbocycles. The first kappa shape index (κ1) is 17.2. The van der Waals surface area contributed by atoms with Gasteiger partial charge < -0.3 is 4.74 Å². The topological polar surface area (TPSA) is 55.4 Å². The molecular weight excluding hydrogens is 334 g/mol. The highest BCUT2D eigenvalue weighted by Gasteiger charge is 2.22. The van der Waals surface area contributed by atoms with E-state index in [0.29, 0.717) is 5.75 Å². The Bertz CT molecular complexity index is 869. The van der Waals surface area contributed by atoms with Gasteiger partial charge in [-0.05, 0) is 35.4 Å². The Morgan fingerprint density at radius 3 is 1.68 bits per heavy atom. The monoisotopic (exact) mass is 353 g/mol. The van der Waals surface area contributed by atoms with Gasteiger partial charge in [0.2, 0.25) is 10.0 Å². The van der Waals surface area contributed by atoms with Crippen molar-refractivity contribution in [2.24, 2.45) is 0 Å². The van der Waals surface area contributed by atoms with Crippen LogP contribution in [0.25, 0.3) is 0 Å². The number of methoxy groups -OCH3 is 1. The van der Waals surface area contributed by atoms with E-state index in [9.17, 15) is 8.42 Å². The van der Waals surface area contributed by atoms with Gasteiger partial charge in [0, 0.05) is 0 Å². The molecule has 0 saturated heterocycles. The van der Waals surface area contributed by atoms with Crippen LogP contribution in [0.2, 0.25) is 0 Å². The SMILES string of the molecule is COc1ccc(S(=O)(=O)NC(c2ccccc2)c2ccccc2)cc1. The summed E-state index contributed by atoms with van der Waals surface area (Å²) in [5.74, 6) is 0.613. The number of hydrogen-bond donors (Lipinski definition) is 1. The molecule has 0 amide bonds. The van der Waals surface area contributed by atoms with E-state index in [1.54, 1.807) is 19.2 Å². The van der Waals surface area contributed by atoms with E-state index >= 15 is 0 Å². The Labute approximate surface area is 148 Å². The van der Waals surface area contributed by atoms with Crippen molar-refractivity contribution in [3.8, 4) is 5.75 Å². The number of hydrogen-bond acceptors (Lipinski definition) is 3. The Kier molecular flexibility index (Phi) is 5.16. The molecule has 128 valence electrons. The first-order valence-corrected chi connectivity index (χ1v) is 9.35. The third kappa shape index (κ3) is 4.07. The largest absolute Gasteiger partial charge is 0.497 e. The highest BCUT2D eigenvalue weighted by molar-refractivity contribution is 7.89. The molecule has 4 nitrogen and oxygen atoms in total. The van der Waals surface area contributed by atoms with Gasteiger partial charge in [0.15, 0.2) is 0 Å². The Hall–Kier alpha value is -2.63. The summed E-state index contributed by atoms with van der Waals surface area (Å²) in [6.07, 6.45) is 0. The molecule has 0 bridgehead atoms. The van der Waals surface area contributed by atoms with Crippen molar-refractivity contribution in [3.05, 3.63) is 96.1 Å². The van der Waals surface area contributed by atoms with Gasteiger partial charge in [-0.15, -0.1) is 0 Å². The minimum absolute atomic E-state index is 0.199. The fourth-order valence-corrected chi connectivity index (χ4v) is 3.81. The highest BCUT2D eigenvalue weighted by atomic mass is 32.2. The van der Waals surface area contributed by atoms with Gasteiger partial charge in [0.1, 0.15) is 5.75 Å². The normalized spacial score (nSPS) is 11.4. The lowest BCUT2D eigenvalue weighted by Gasteiger charge is -2.20. The molecule has 1 N–H and O–H groups in total. The van der Waals surface area contributed by atoms with Crippen molar-refractivity contribution >= 4 is 10.0 Å². The predicted octanol–water partition coefficient (Wildman–Crippen LogP) is 3.76. The summed E-state index contributed by atoms with van der Waals surface area (Å²) in [7, 11) is -2.14. The zero-order valence-electron chi connectivity index (χ0n) is 13.8. The van der Waals surface area contributed by atoms with Gasteiger partial charge in [-0.2, -0.15) is 4.72 Å². The number of nitrogens with one attached hydrogen (secondary N) is 1. The lowest BCUT2D eigenvalue weighted by molar-refractivity contribution is 0.414. The minimum Gasteiger partial charge on any atom is -0.497 e. The van der Waals surface area contributed by atoms with E-state index in [4.69, 9.17) is 4.74 Å². The molecule has 3 aromatic rings. The van der Waals surface area contributed by atoms with Crippen LogP contribution in [0.15, 0.2) is 89.8 Å². The second kappa shape index (κ2) is 7.51. The maximum absolute atomic E-state index is 12.8. The summed E-state index contributed by atoms with van der Waals surface area (Å²) in [4.78, 5) is 0.199. The summed E-state index contributed by atoms with van der Waals surface area (Å²) >= 11 is 0. The van der Waals surface area contributed by atoms with E-state index in [0.717, 1.165) is 11.1 Å². The van der Waals surface area contributed by atoms with Crippen molar-refractivity contribution in [2.45, 2.75) is 10.9 Å². The Morgan fingerprint density at radius 1 is 0.760 bits per heavy atom. The molecule has 3 rings (SSSR count). The second-order valence-electron chi connectivity index (χ2n) is 5.55. The number of rotatable bonds is 6. The van der Waals surface area contributed by atoms with Gasteiger partial charge in [-0.25, -0.2) is 8.42 Å². The summed E-state index contributed by atoms with van der Waals surface area (Å²) in [5.41, 5.74) is 1.76. The summed E-state index contributed by atoms with van der Waals surface area (Å²) < 4.78 is 33.6. The molecule has 0 aliphatic heterocycles. The van der Waals surface area contributed by atoms with Crippen LogP contribution in [0.5, 0.6) is 5.75 Å². The number of sulfonamides is 1. The summed E-state index contributed by atoms with van der Waals surface area (Å²) in [6, 6.07) is 24.9. The molecule has 0 spiro atoms. The molecule has 0 atom stereocenters. The van der Waals surface area contributed by atoms with E-state index < -0.39 is 16.1 Å². The number of benzene rings is 3. The van der Waals surface area contributed by atoms with Crippen LogP contribution in [0.3, 0.4) is 0 Å². The maximum atomic E-state index is 12.8. The van der Waals surface area contributed by atoms with E-state index in [-0.39, 0.29) is 4.90 Å². The lowest BCUT2D eigenvalue weighted by atomic mass is 10.00. The number of ether oxygens (including phenoxy) is 1. The van der Waals surface area contributed by atoms with Gasteiger partial charge in [0.25, 0.3) is 0 Å². The molecule has 3 aromatic carbocycles. The van der Waals surface area contributed by atoms with Gasteiger partial charge in [0.05, 0.1) is 18.0 Å². The molecular formula is C20H19NO3S. The molecule has 0 unspecified atom stereocenters. The van der Waals surface area contributed by atoms with Crippen molar-refractivity contribution in [1.29, 1.82) is 0 Å². The fourth-order valence-electron chi connectivity index (χ4n) is 2.60. The fraction of sp³-hybridized carbons (Fsp3) is 0.100. The van der Waals surface area contributed by atoms with Crippen molar-refractivity contribution in [1.82, 2.24) is 4.72 Å². The van der Waals surface area contributed by atoms with Crippen LogP contribution >= 0.6 is 0 Å². The molecule has 0 aliphatic rings.